The molecule has 4 bridgehead atoms. The van der Waals surface area contributed by atoms with Crippen LogP contribution in [0.15, 0.2) is 42.5 Å². The molecule has 0 aromatic heterocycles. The van der Waals surface area contributed by atoms with Gasteiger partial charge in [0.1, 0.15) is 6.54 Å². The lowest BCUT2D eigenvalue weighted by atomic mass is 9.48. The SMILES string of the molecule is COC(=O)c1ccc(Cl)c(NC(=O)CN(c2ccc(C34CC5CC(CC(C5)C3)C4)cc2)S(C)(=O)=O)c1. The molecule has 0 saturated heterocycles. The molecular formula is C27H31ClN2O5S. The summed E-state index contributed by atoms with van der Waals surface area (Å²) >= 11 is 6.18. The van der Waals surface area contributed by atoms with Crippen LogP contribution >= 0.6 is 11.6 Å². The number of esters is 1. The summed E-state index contributed by atoms with van der Waals surface area (Å²) in [7, 11) is -2.48. The van der Waals surface area contributed by atoms with Crippen LogP contribution in [0.4, 0.5) is 11.4 Å². The maximum atomic E-state index is 12.9. The fraction of sp³-hybridized carbons (Fsp3) is 0.481. The van der Waals surface area contributed by atoms with Gasteiger partial charge < -0.3 is 10.1 Å². The molecule has 0 unspecified atom stereocenters. The van der Waals surface area contributed by atoms with Crippen LogP contribution in [-0.2, 0) is 25.0 Å². The van der Waals surface area contributed by atoms with Crippen molar-refractivity contribution >= 4 is 44.9 Å². The Morgan fingerprint density at radius 1 is 1.03 bits per heavy atom. The molecule has 4 aliphatic carbocycles. The predicted molar refractivity (Wildman–Crippen MR) is 140 cm³/mol. The molecule has 9 heteroatoms. The number of nitrogens with zero attached hydrogens (tertiary/aromatic N) is 1. The van der Waals surface area contributed by atoms with Crippen LogP contribution < -0.4 is 9.62 Å². The number of carbonyl (C=O) groups is 2. The number of methoxy groups -OCH3 is 1. The molecular weight excluding hydrogens is 500 g/mol. The second kappa shape index (κ2) is 9.38. The number of halogens is 1. The Balaban J connectivity index is 1.34. The molecule has 1 amide bonds. The van der Waals surface area contributed by atoms with Crippen molar-refractivity contribution in [2.75, 3.05) is 29.5 Å². The quantitative estimate of drug-likeness (QED) is 0.508. The number of benzene rings is 2. The van der Waals surface area contributed by atoms with E-state index in [0.717, 1.165) is 28.3 Å². The average molecular weight is 531 g/mol. The highest BCUT2D eigenvalue weighted by Crippen LogP contribution is 2.60. The maximum absolute atomic E-state index is 12.9. The van der Waals surface area contributed by atoms with Crippen molar-refractivity contribution in [2.24, 2.45) is 17.8 Å². The van der Waals surface area contributed by atoms with Crippen molar-refractivity contribution in [1.82, 2.24) is 0 Å². The summed E-state index contributed by atoms with van der Waals surface area (Å²) in [6, 6.07) is 12.1. The number of rotatable bonds is 7. The van der Waals surface area contributed by atoms with E-state index in [9.17, 15) is 18.0 Å². The summed E-state index contributed by atoms with van der Waals surface area (Å²) in [6.07, 6.45) is 8.84. The zero-order valence-electron chi connectivity index (χ0n) is 20.5. The average Bonchev–Trinajstić information content (AvgIpc) is 2.82. The number of nitrogens with one attached hydrogen (secondary N) is 1. The number of hydrogen-bond donors (Lipinski definition) is 1. The first kappa shape index (κ1) is 25.1. The first-order chi connectivity index (χ1) is 17.1. The third-order valence-corrected chi connectivity index (χ3v) is 9.63. The van der Waals surface area contributed by atoms with Gasteiger partial charge in [-0.15, -0.1) is 0 Å². The monoisotopic (exact) mass is 530 g/mol. The molecule has 4 saturated carbocycles. The van der Waals surface area contributed by atoms with Crippen LogP contribution in [0.5, 0.6) is 0 Å². The van der Waals surface area contributed by atoms with Crippen molar-refractivity contribution in [1.29, 1.82) is 0 Å². The molecule has 7 nitrogen and oxygen atoms in total. The Kier molecular flexibility index (Phi) is 6.53. The van der Waals surface area contributed by atoms with Crippen LogP contribution in [0.25, 0.3) is 0 Å². The molecule has 2 aromatic rings. The van der Waals surface area contributed by atoms with Gasteiger partial charge in [-0.1, -0.05) is 23.7 Å². The maximum Gasteiger partial charge on any atom is 0.337 e. The summed E-state index contributed by atoms with van der Waals surface area (Å²) < 4.78 is 31.1. The van der Waals surface area contributed by atoms with Crippen molar-refractivity contribution < 1.29 is 22.7 Å². The van der Waals surface area contributed by atoms with Gasteiger partial charge in [0.25, 0.3) is 0 Å². The molecule has 0 atom stereocenters. The molecule has 1 N–H and O–H groups in total. The smallest absolute Gasteiger partial charge is 0.337 e. The minimum atomic E-state index is -3.73. The van der Waals surface area contributed by atoms with E-state index >= 15 is 0 Å². The minimum Gasteiger partial charge on any atom is -0.465 e. The summed E-state index contributed by atoms with van der Waals surface area (Å²) in [6.45, 7) is -0.422. The van der Waals surface area contributed by atoms with Gasteiger partial charge in [-0.25, -0.2) is 13.2 Å². The highest BCUT2D eigenvalue weighted by molar-refractivity contribution is 7.92. The lowest BCUT2D eigenvalue weighted by Gasteiger charge is -2.57. The third kappa shape index (κ3) is 4.85. The second-order valence-electron chi connectivity index (χ2n) is 10.7. The van der Waals surface area contributed by atoms with Gasteiger partial charge in [-0.3, -0.25) is 9.10 Å². The minimum absolute atomic E-state index is 0.204. The molecule has 2 aromatic carbocycles. The zero-order chi connectivity index (χ0) is 25.7. The van der Waals surface area contributed by atoms with Gasteiger partial charge in [-0.05, 0) is 97.6 Å². The molecule has 6 rings (SSSR count). The first-order valence-electron chi connectivity index (χ1n) is 12.3. The molecule has 0 aliphatic heterocycles. The Labute approximate surface area is 217 Å². The zero-order valence-corrected chi connectivity index (χ0v) is 22.1. The standard InChI is InChI=1S/C27H31ClN2O5S/c1-35-26(32)20-3-8-23(28)24(12-20)29-25(31)16-30(36(2,33)34)22-6-4-21(5-7-22)27-13-17-9-18(14-27)11-19(10-17)15-27/h3-8,12,17-19H,9-11,13-16H2,1-2H3,(H,29,31). The molecule has 0 radical (unpaired) electrons. The van der Waals surface area contributed by atoms with E-state index in [1.54, 1.807) is 0 Å². The molecule has 36 heavy (non-hydrogen) atoms. The van der Waals surface area contributed by atoms with Crippen molar-refractivity contribution in [3.05, 3.63) is 58.6 Å². The fourth-order valence-electron chi connectivity index (χ4n) is 7.03. The van der Waals surface area contributed by atoms with Crippen LogP contribution in [0.1, 0.15) is 54.4 Å². The van der Waals surface area contributed by atoms with Gasteiger partial charge >= 0.3 is 5.97 Å². The normalized spacial score (nSPS) is 26.5. The van der Waals surface area contributed by atoms with Gasteiger partial charge in [0.2, 0.25) is 15.9 Å². The fourth-order valence-corrected chi connectivity index (χ4v) is 8.05. The number of carbonyl (C=O) groups excluding carboxylic acids is 2. The Morgan fingerprint density at radius 2 is 1.61 bits per heavy atom. The molecule has 4 aliphatic rings. The van der Waals surface area contributed by atoms with Crippen LogP contribution in [-0.4, -0.2) is 40.2 Å². The van der Waals surface area contributed by atoms with Gasteiger partial charge in [0.15, 0.2) is 0 Å². The van der Waals surface area contributed by atoms with E-state index in [4.69, 9.17) is 16.3 Å². The molecule has 0 heterocycles. The van der Waals surface area contributed by atoms with Crippen LogP contribution in [0.2, 0.25) is 5.02 Å². The third-order valence-electron chi connectivity index (χ3n) is 8.15. The molecule has 0 spiro atoms. The van der Waals surface area contributed by atoms with E-state index in [1.807, 2.05) is 12.1 Å². The summed E-state index contributed by atoms with van der Waals surface area (Å²) in [5.41, 5.74) is 2.36. The topological polar surface area (TPSA) is 92.8 Å². The lowest BCUT2D eigenvalue weighted by Crippen LogP contribution is -2.48. The number of hydrogen-bond acceptors (Lipinski definition) is 5. The summed E-state index contributed by atoms with van der Waals surface area (Å²) in [5, 5.41) is 2.84. The highest BCUT2D eigenvalue weighted by atomic mass is 35.5. The number of amides is 1. The van der Waals surface area contributed by atoms with Crippen LogP contribution in [0, 0.1) is 17.8 Å². The largest absolute Gasteiger partial charge is 0.465 e. The van der Waals surface area contributed by atoms with Gasteiger partial charge in [-0.2, -0.15) is 0 Å². The van der Waals surface area contributed by atoms with Crippen molar-refractivity contribution in [3.63, 3.8) is 0 Å². The van der Waals surface area contributed by atoms with E-state index in [-0.39, 0.29) is 21.7 Å². The predicted octanol–water partition coefficient (Wildman–Crippen LogP) is 5.00. The first-order valence-corrected chi connectivity index (χ1v) is 14.5. The van der Waals surface area contributed by atoms with Gasteiger partial charge in [0, 0.05) is 0 Å². The highest BCUT2D eigenvalue weighted by Gasteiger charge is 2.51. The second-order valence-corrected chi connectivity index (χ2v) is 13.1. The van der Waals surface area contributed by atoms with E-state index in [1.165, 1.54) is 69.4 Å². The lowest BCUT2D eigenvalue weighted by molar-refractivity contribution is -0.114. The van der Waals surface area contributed by atoms with Crippen molar-refractivity contribution in [3.8, 4) is 0 Å². The Morgan fingerprint density at radius 3 is 2.14 bits per heavy atom. The number of sulfonamides is 1. The van der Waals surface area contributed by atoms with Gasteiger partial charge in [0.05, 0.1) is 35.3 Å². The number of ether oxygens (including phenoxy) is 1. The summed E-state index contributed by atoms with van der Waals surface area (Å²) in [5.74, 6) is 1.30. The summed E-state index contributed by atoms with van der Waals surface area (Å²) in [4.78, 5) is 24.7. The van der Waals surface area contributed by atoms with E-state index in [0.29, 0.717) is 5.69 Å². The molecule has 4 fully saturated rings. The van der Waals surface area contributed by atoms with Crippen LogP contribution in [0.3, 0.4) is 0 Å². The Bertz CT molecular complexity index is 1260. The van der Waals surface area contributed by atoms with Crippen molar-refractivity contribution in [2.45, 2.75) is 43.9 Å². The molecule has 192 valence electrons. The van der Waals surface area contributed by atoms with E-state index < -0.39 is 28.4 Å². The van der Waals surface area contributed by atoms with E-state index in [2.05, 4.69) is 17.4 Å². The number of anilines is 2. The Hall–Kier alpha value is -2.58.